The van der Waals surface area contributed by atoms with E-state index in [-0.39, 0.29) is 17.1 Å². The summed E-state index contributed by atoms with van der Waals surface area (Å²) in [6, 6.07) is 4.14. The Bertz CT molecular complexity index is 461. The Hall–Kier alpha value is -1.56. The molecule has 1 aromatic rings. The average molecular weight is 230 g/mol. The number of nitriles is 1. The predicted molar refractivity (Wildman–Crippen MR) is 65.5 cm³/mol. The fourth-order valence-electron chi connectivity index (χ4n) is 2.14. The largest absolute Gasteiger partial charge is 0.353 e. The van der Waals surface area contributed by atoms with E-state index in [9.17, 15) is 4.79 Å². The molecule has 0 unspecified atom stereocenters. The van der Waals surface area contributed by atoms with Crippen LogP contribution in [-0.4, -0.2) is 10.4 Å². The van der Waals surface area contributed by atoms with E-state index in [4.69, 9.17) is 5.26 Å². The first-order valence-electron chi connectivity index (χ1n) is 6.13. The molecule has 17 heavy (non-hydrogen) atoms. The fraction of sp³-hybridized carbons (Fsp3) is 0.571. The summed E-state index contributed by atoms with van der Waals surface area (Å²) in [6.07, 6.45) is 6.75. The Morgan fingerprint density at radius 1 is 1.59 bits per heavy atom. The van der Waals surface area contributed by atoms with Crippen LogP contribution < -0.4 is 0 Å². The highest BCUT2D eigenvalue weighted by Crippen LogP contribution is 2.49. The van der Waals surface area contributed by atoms with Crippen LogP contribution in [0, 0.1) is 22.7 Å². The van der Waals surface area contributed by atoms with Crippen LogP contribution in [0.25, 0.3) is 0 Å². The van der Waals surface area contributed by atoms with Gasteiger partial charge in [-0.3, -0.25) is 4.79 Å². The molecule has 2 rings (SSSR count). The number of carbonyl (C=O) groups is 1. The molecule has 3 nitrogen and oxygen atoms in total. The van der Waals surface area contributed by atoms with Crippen molar-refractivity contribution in [1.29, 1.82) is 5.26 Å². The number of hydrogen-bond acceptors (Lipinski definition) is 2. The second-order valence-corrected chi connectivity index (χ2v) is 5.43. The molecule has 3 heteroatoms. The van der Waals surface area contributed by atoms with Crippen LogP contribution >= 0.6 is 0 Å². The second kappa shape index (κ2) is 4.37. The van der Waals surface area contributed by atoms with Crippen LogP contribution in [-0.2, 0) is 6.54 Å². The monoisotopic (exact) mass is 230 g/mol. The smallest absolute Gasteiger partial charge is 0.166 e. The first kappa shape index (κ1) is 11.9. The van der Waals surface area contributed by atoms with Gasteiger partial charge < -0.3 is 4.57 Å². The van der Waals surface area contributed by atoms with Crippen LogP contribution in [0.15, 0.2) is 18.5 Å². The van der Waals surface area contributed by atoms with Gasteiger partial charge in [0.25, 0.3) is 0 Å². The van der Waals surface area contributed by atoms with Crippen LogP contribution in [0.5, 0.6) is 0 Å². The van der Waals surface area contributed by atoms with Crippen molar-refractivity contribution >= 4 is 5.78 Å². The minimum absolute atomic E-state index is 0.0415. The third kappa shape index (κ3) is 2.58. The number of nitrogens with zero attached hydrogens (tertiary/aromatic N) is 2. The first-order valence-corrected chi connectivity index (χ1v) is 6.13. The summed E-state index contributed by atoms with van der Waals surface area (Å²) in [6.45, 7) is 4.70. The molecule has 0 amide bonds. The van der Waals surface area contributed by atoms with Gasteiger partial charge in [0.2, 0.25) is 0 Å². The maximum absolute atomic E-state index is 11.8. The Kier molecular flexibility index (Phi) is 3.06. The highest BCUT2D eigenvalue weighted by molar-refractivity contribution is 5.97. The van der Waals surface area contributed by atoms with Crippen molar-refractivity contribution in [2.24, 2.45) is 11.3 Å². The lowest BCUT2D eigenvalue weighted by atomic mass is 10.0. The van der Waals surface area contributed by atoms with Crippen molar-refractivity contribution in [3.63, 3.8) is 0 Å². The van der Waals surface area contributed by atoms with Gasteiger partial charge in [0.15, 0.2) is 5.78 Å². The van der Waals surface area contributed by atoms with Gasteiger partial charge in [-0.1, -0.05) is 13.8 Å². The highest BCUT2D eigenvalue weighted by atomic mass is 16.1. The van der Waals surface area contributed by atoms with Crippen molar-refractivity contribution < 1.29 is 4.79 Å². The molecule has 1 aromatic heterocycles. The van der Waals surface area contributed by atoms with E-state index in [2.05, 4.69) is 10.6 Å². The van der Waals surface area contributed by atoms with Gasteiger partial charge in [0.1, 0.15) is 0 Å². The number of carbonyl (C=O) groups excluding carboxylic acids is 1. The standard InChI is InChI=1S/C14H18N2O/c1-11(2)13(17)12-3-8-16(9-12)10-14(4-5-14)6-7-15/h3,8-9,11H,4-6,10H2,1-2H3. The maximum atomic E-state index is 11.8. The van der Waals surface area contributed by atoms with Gasteiger partial charge in [0.05, 0.1) is 6.07 Å². The number of rotatable bonds is 5. The molecule has 0 saturated heterocycles. The normalized spacial score (nSPS) is 16.8. The van der Waals surface area contributed by atoms with Crippen molar-refractivity contribution in [2.75, 3.05) is 0 Å². The van der Waals surface area contributed by atoms with Gasteiger partial charge in [0, 0.05) is 42.3 Å². The summed E-state index contributed by atoms with van der Waals surface area (Å²) >= 11 is 0. The lowest BCUT2D eigenvalue weighted by molar-refractivity contribution is 0.0939. The first-order chi connectivity index (χ1) is 8.06. The maximum Gasteiger partial charge on any atom is 0.166 e. The Labute approximate surface area is 102 Å². The number of hydrogen-bond donors (Lipinski definition) is 0. The summed E-state index contributed by atoms with van der Waals surface area (Å²) in [5.74, 6) is 0.230. The second-order valence-electron chi connectivity index (χ2n) is 5.43. The predicted octanol–water partition coefficient (Wildman–Crippen LogP) is 3.02. The molecule has 0 bridgehead atoms. The summed E-state index contributed by atoms with van der Waals surface area (Å²) in [5, 5.41) is 8.77. The van der Waals surface area contributed by atoms with Crippen LogP contribution in [0.2, 0.25) is 0 Å². The SMILES string of the molecule is CC(C)C(=O)c1ccn(CC2(CC#N)CC2)c1. The minimum Gasteiger partial charge on any atom is -0.353 e. The zero-order valence-corrected chi connectivity index (χ0v) is 10.4. The third-order valence-corrected chi connectivity index (χ3v) is 3.49. The summed E-state index contributed by atoms with van der Waals surface area (Å²) in [4.78, 5) is 11.8. The van der Waals surface area contributed by atoms with Gasteiger partial charge in [-0.15, -0.1) is 0 Å². The molecule has 1 heterocycles. The molecular formula is C14H18N2O. The van der Waals surface area contributed by atoms with Crippen LogP contribution in [0.1, 0.15) is 43.5 Å². The molecule has 0 aromatic carbocycles. The molecule has 0 atom stereocenters. The van der Waals surface area contributed by atoms with E-state index in [1.165, 1.54) is 0 Å². The van der Waals surface area contributed by atoms with Gasteiger partial charge in [-0.05, 0) is 18.9 Å². The van der Waals surface area contributed by atoms with E-state index in [0.717, 1.165) is 24.9 Å². The summed E-state index contributed by atoms with van der Waals surface area (Å²) in [7, 11) is 0. The molecule has 1 aliphatic rings. The van der Waals surface area contributed by atoms with Crippen molar-refractivity contribution in [3.05, 3.63) is 24.0 Å². The van der Waals surface area contributed by atoms with Crippen LogP contribution in [0.3, 0.4) is 0 Å². The molecule has 1 saturated carbocycles. The van der Waals surface area contributed by atoms with Gasteiger partial charge in [-0.2, -0.15) is 5.26 Å². The molecule has 0 spiro atoms. The zero-order chi connectivity index (χ0) is 12.5. The Morgan fingerprint density at radius 2 is 2.29 bits per heavy atom. The molecule has 1 fully saturated rings. The van der Waals surface area contributed by atoms with E-state index in [0.29, 0.717) is 6.42 Å². The summed E-state index contributed by atoms with van der Waals surface area (Å²) < 4.78 is 2.06. The molecule has 0 aliphatic heterocycles. The quantitative estimate of drug-likeness (QED) is 0.730. The molecule has 1 aliphatic carbocycles. The van der Waals surface area contributed by atoms with E-state index >= 15 is 0 Å². The Morgan fingerprint density at radius 3 is 2.82 bits per heavy atom. The van der Waals surface area contributed by atoms with Gasteiger partial charge >= 0.3 is 0 Å². The summed E-state index contributed by atoms with van der Waals surface area (Å²) in [5.41, 5.74) is 0.971. The van der Waals surface area contributed by atoms with Crippen molar-refractivity contribution in [3.8, 4) is 6.07 Å². The molecule has 0 radical (unpaired) electrons. The zero-order valence-electron chi connectivity index (χ0n) is 10.4. The number of aromatic nitrogens is 1. The third-order valence-electron chi connectivity index (χ3n) is 3.49. The topological polar surface area (TPSA) is 45.8 Å². The van der Waals surface area contributed by atoms with Crippen LogP contribution in [0.4, 0.5) is 0 Å². The fourth-order valence-corrected chi connectivity index (χ4v) is 2.14. The van der Waals surface area contributed by atoms with E-state index in [1.54, 1.807) is 0 Å². The molecular weight excluding hydrogens is 212 g/mol. The van der Waals surface area contributed by atoms with Crippen molar-refractivity contribution in [1.82, 2.24) is 4.57 Å². The lowest BCUT2D eigenvalue weighted by Crippen LogP contribution is -2.10. The minimum atomic E-state index is 0.0415. The van der Waals surface area contributed by atoms with Gasteiger partial charge in [-0.25, -0.2) is 0 Å². The molecule has 0 N–H and O–H groups in total. The number of Topliss-reactive ketones (excluding diaryl/α,β-unsaturated/α-hetero) is 1. The van der Waals surface area contributed by atoms with E-state index in [1.807, 2.05) is 32.3 Å². The molecule has 90 valence electrons. The Balaban J connectivity index is 2.05. The number of ketones is 1. The lowest BCUT2D eigenvalue weighted by Gasteiger charge is -2.11. The average Bonchev–Trinajstić information content (AvgIpc) is 2.87. The van der Waals surface area contributed by atoms with E-state index < -0.39 is 0 Å². The highest BCUT2D eigenvalue weighted by Gasteiger charge is 2.42. The van der Waals surface area contributed by atoms with Crippen molar-refractivity contribution in [2.45, 2.75) is 39.7 Å².